The van der Waals surface area contributed by atoms with Crippen LogP contribution in [0.5, 0.6) is 5.75 Å². The van der Waals surface area contributed by atoms with Gasteiger partial charge in [-0.1, -0.05) is 55.9 Å². The average Bonchev–Trinajstić information content (AvgIpc) is 3.30. The van der Waals surface area contributed by atoms with Gasteiger partial charge in [0.1, 0.15) is 5.75 Å². The number of para-hydroxylation sites is 1. The Hall–Kier alpha value is -3.65. The van der Waals surface area contributed by atoms with Gasteiger partial charge in [0, 0.05) is 18.0 Å². The summed E-state index contributed by atoms with van der Waals surface area (Å²) in [6.45, 7) is 6.24. The second-order valence-electron chi connectivity index (χ2n) is 8.52. The Balaban J connectivity index is 1.55. The smallest absolute Gasteiger partial charge is 0.230 e. The number of thioether (sulfide) groups is 1. The fourth-order valence-corrected chi connectivity index (χ4v) is 4.62. The molecule has 0 aliphatic heterocycles. The number of rotatable bonds is 9. The number of nitrogens with one attached hydrogen (secondary N) is 1. The number of hydrogen-bond donors (Lipinski definition) is 1. The third kappa shape index (κ3) is 5.71. The number of aromatic nitrogens is 4. The first-order valence-corrected chi connectivity index (χ1v) is 12.4. The molecule has 0 aliphatic carbocycles. The van der Waals surface area contributed by atoms with Crippen molar-refractivity contribution >= 4 is 17.7 Å². The van der Waals surface area contributed by atoms with Gasteiger partial charge in [0.25, 0.3) is 0 Å². The Morgan fingerprint density at radius 3 is 2.49 bits per heavy atom. The molecule has 1 atom stereocenters. The molecule has 180 valence electrons. The van der Waals surface area contributed by atoms with Crippen LogP contribution in [-0.2, 0) is 4.79 Å². The lowest BCUT2D eigenvalue weighted by molar-refractivity contribution is -0.119. The van der Waals surface area contributed by atoms with E-state index in [1.165, 1.54) is 11.8 Å². The van der Waals surface area contributed by atoms with Crippen LogP contribution < -0.4 is 10.1 Å². The van der Waals surface area contributed by atoms with Crippen LogP contribution in [0.4, 0.5) is 0 Å². The highest BCUT2D eigenvalue weighted by molar-refractivity contribution is 7.99. The van der Waals surface area contributed by atoms with Gasteiger partial charge in [-0.3, -0.25) is 14.3 Å². The molecule has 35 heavy (non-hydrogen) atoms. The maximum absolute atomic E-state index is 13.0. The number of hydrogen-bond acceptors (Lipinski definition) is 6. The number of amides is 1. The lowest BCUT2D eigenvalue weighted by Gasteiger charge is -2.23. The van der Waals surface area contributed by atoms with Gasteiger partial charge in [0.05, 0.1) is 24.6 Å². The highest BCUT2D eigenvalue weighted by atomic mass is 32.2. The molecule has 2 heterocycles. The summed E-state index contributed by atoms with van der Waals surface area (Å²) < 4.78 is 7.25. The Kier molecular flexibility index (Phi) is 7.82. The predicted octanol–water partition coefficient (Wildman–Crippen LogP) is 5.25. The Bertz CT molecular complexity index is 1270. The largest absolute Gasteiger partial charge is 0.497 e. The highest BCUT2D eigenvalue weighted by Crippen LogP contribution is 2.29. The molecule has 4 rings (SSSR count). The first kappa shape index (κ1) is 24.5. The fourth-order valence-electron chi connectivity index (χ4n) is 3.87. The number of benzene rings is 2. The van der Waals surface area contributed by atoms with E-state index in [-0.39, 0.29) is 23.6 Å². The van der Waals surface area contributed by atoms with E-state index >= 15 is 0 Å². The number of ether oxygens (including phenoxy) is 1. The molecule has 0 bridgehead atoms. The summed E-state index contributed by atoms with van der Waals surface area (Å²) in [5, 5.41) is 12.7. The van der Waals surface area contributed by atoms with Crippen LogP contribution in [0.15, 0.2) is 78.2 Å². The van der Waals surface area contributed by atoms with E-state index in [9.17, 15) is 4.79 Å². The summed E-state index contributed by atoms with van der Waals surface area (Å²) in [5.74, 6) is 1.86. The number of methoxy groups -OCH3 is 1. The van der Waals surface area contributed by atoms with Crippen molar-refractivity contribution in [1.82, 2.24) is 25.1 Å². The Morgan fingerprint density at radius 2 is 1.83 bits per heavy atom. The first-order chi connectivity index (χ1) is 17.0. The third-order valence-corrected chi connectivity index (χ3v) is 6.63. The van der Waals surface area contributed by atoms with Crippen LogP contribution >= 0.6 is 11.8 Å². The molecule has 1 N–H and O–H groups in total. The summed E-state index contributed by atoms with van der Waals surface area (Å²) in [5.41, 5.74) is 3.96. The molecule has 2 aromatic heterocycles. The Labute approximate surface area is 210 Å². The van der Waals surface area contributed by atoms with Crippen LogP contribution in [0.3, 0.4) is 0 Å². The summed E-state index contributed by atoms with van der Waals surface area (Å²) >= 11 is 1.37. The molecular weight excluding hydrogens is 458 g/mol. The van der Waals surface area contributed by atoms with Crippen molar-refractivity contribution in [3.8, 4) is 22.8 Å². The monoisotopic (exact) mass is 487 g/mol. The third-order valence-electron chi connectivity index (χ3n) is 5.70. The van der Waals surface area contributed by atoms with Crippen molar-refractivity contribution < 1.29 is 9.53 Å². The first-order valence-electron chi connectivity index (χ1n) is 11.5. The zero-order valence-electron chi connectivity index (χ0n) is 20.3. The van der Waals surface area contributed by atoms with E-state index in [0.29, 0.717) is 11.0 Å². The van der Waals surface area contributed by atoms with Crippen molar-refractivity contribution in [3.05, 3.63) is 84.2 Å². The van der Waals surface area contributed by atoms with Crippen molar-refractivity contribution in [2.75, 3.05) is 12.9 Å². The van der Waals surface area contributed by atoms with Gasteiger partial charge < -0.3 is 10.1 Å². The predicted molar refractivity (Wildman–Crippen MR) is 139 cm³/mol. The summed E-state index contributed by atoms with van der Waals surface area (Å²) in [4.78, 5) is 17.2. The van der Waals surface area contributed by atoms with Gasteiger partial charge in [-0.2, -0.15) is 0 Å². The van der Waals surface area contributed by atoms with E-state index < -0.39 is 0 Å². The van der Waals surface area contributed by atoms with Crippen molar-refractivity contribution in [3.63, 3.8) is 0 Å². The standard InChI is InChI=1S/C27H29N5O2S/c1-18(2)25(20-11-13-22(34-4)14-12-20)29-24(33)17-35-27-31-30-26(21-9-7-15-28-16-21)32(27)23-10-6-5-8-19(23)3/h5-16,18,25H,17H2,1-4H3,(H,29,33). The number of nitrogens with zero attached hydrogens (tertiary/aromatic N) is 4. The maximum Gasteiger partial charge on any atom is 0.230 e. The average molecular weight is 488 g/mol. The molecule has 0 radical (unpaired) electrons. The lowest BCUT2D eigenvalue weighted by atomic mass is 9.96. The van der Waals surface area contributed by atoms with E-state index in [2.05, 4.69) is 34.3 Å². The highest BCUT2D eigenvalue weighted by Gasteiger charge is 2.21. The van der Waals surface area contributed by atoms with Gasteiger partial charge >= 0.3 is 0 Å². The molecule has 8 heteroatoms. The van der Waals surface area contributed by atoms with E-state index in [1.54, 1.807) is 19.5 Å². The number of pyridine rings is 1. The van der Waals surface area contributed by atoms with E-state index in [4.69, 9.17) is 4.74 Å². The maximum atomic E-state index is 13.0. The molecule has 1 unspecified atom stereocenters. The number of carbonyl (C=O) groups is 1. The normalized spacial score (nSPS) is 11.9. The van der Waals surface area contributed by atoms with Gasteiger partial charge in [-0.25, -0.2) is 0 Å². The Morgan fingerprint density at radius 1 is 1.06 bits per heavy atom. The summed E-state index contributed by atoms with van der Waals surface area (Å²) in [7, 11) is 1.64. The second kappa shape index (κ2) is 11.2. The summed E-state index contributed by atoms with van der Waals surface area (Å²) in [6, 6.07) is 19.6. The van der Waals surface area contributed by atoms with Crippen LogP contribution in [0.25, 0.3) is 17.1 Å². The van der Waals surface area contributed by atoms with E-state index in [0.717, 1.165) is 28.1 Å². The van der Waals surface area contributed by atoms with Gasteiger partial charge in [-0.15, -0.1) is 10.2 Å². The minimum atomic E-state index is -0.103. The molecule has 1 amide bonds. The van der Waals surface area contributed by atoms with Crippen LogP contribution in [0.2, 0.25) is 0 Å². The molecule has 0 saturated heterocycles. The van der Waals surface area contributed by atoms with Crippen LogP contribution in [0, 0.1) is 12.8 Å². The molecule has 0 fully saturated rings. The van der Waals surface area contributed by atoms with E-state index in [1.807, 2.05) is 72.2 Å². The van der Waals surface area contributed by atoms with Crippen molar-refractivity contribution in [2.24, 2.45) is 5.92 Å². The lowest BCUT2D eigenvalue weighted by Crippen LogP contribution is -2.33. The topological polar surface area (TPSA) is 81.9 Å². The molecule has 4 aromatic rings. The molecule has 0 saturated carbocycles. The molecule has 0 spiro atoms. The minimum absolute atomic E-state index is 0.0632. The molecule has 2 aromatic carbocycles. The minimum Gasteiger partial charge on any atom is -0.497 e. The van der Waals surface area contributed by atoms with Gasteiger partial charge in [0.15, 0.2) is 11.0 Å². The molecule has 7 nitrogen and oxygen atoms in total. The number of carbonyl (C=O) groups excluding carboxylic acids is 1. The zero-order valence-corrected chi connectivity index (χ0v) is 21.1. The van der Waals surface area contributed by atoms with Crippen LogP contribution in [0.1, 0.15) is 31.0 Å². The second-order valence-corrected chi connectivity index (χ2v) is 9.46. The molecular formula is C27H29N5O2S. The number of aryl methyl sites for hydroxylation is 1. The van der Waals surface area contributed by atoms with Crippen molar-refractivity contribution in [2.45, 2.75) is 32.0 Å². The van der Waals surface area contributed by atoms with Gasteiger partial charge in [-0.05, 0) is 54.3 Å². The van der Waals surface area contributed by atoms with Crippen molar-refractivity contribution in [1.29, 1.82) is 0 Å². The van der Waals surface area contributed by atoms with Crippen LogP contribution in [-0.4, -0.2) is 38.5 Å². The van der Waals surface area contributed by atoms with Gasteiger partial charge in [0.2, 0.25) is 5.91 Å². The SMILES string of the molecule is COc1ccc(C(NC(=O)CSc2nnc(-c3cccnc3)n2-c2ccccc2C)C(C)C)cc1. The quantitative estimate of drug-likeness (QED) is 0.325. The fraction of sp³-hybridized carbons (Fsp3) is 0.259. The summed E-state index contributed by atoms with van der Waals surface area (Å²) in [6.07, 6.45) is 3.49. The molecule has 0 aliphatic rings. The zero-order chi connectivity index (χ0) is 24.8.